The highest BCUT2D eigenvalue weighted by molar-refractivity contribution is 5.68. The van der Waals surface area contributed by atoms with Crippen LogP contribution in [0.3, 0.4) is 0 Å². The highest BCUT2D eigenvalue weighted by Gasteiger charge is 2.16. The fraction of sp³-hybridized carbons (Fsp3) is 0.154. The maximum absolute atomic E-state index is 12.1. The van der Waals surface area contributed by atoms with Crippen molar-refractivity contribution in [2.75, 3.05) is 0 Å². The number of H-pyrrole nitrogens is 1. The Morgan fingerprint density at radius 3 is 2.74 bits per heavy atom. The Hall–Kier alpha value is -2.63. The highest BCUT2D eigenvalue weighted by Crippen LogP contribution is 2.24. The normalized spacial score (nSPS) is 11.0. The van der Waals surface area contributed by atoms with Crippen LogP contribution in [-0.2, 0) is 6.42 Å². The molecule has 2 heterocycles. The van der Waals surface area contributed by atoms with Crippen LogP contribution in [0.15, 0.2) is 35.1 Å². The lowest BCUT2D eigenvalue weighted by Gasteiger charge is -2.04. The van der Waals surface area contributed by atoms with Crippen molar-refractivity contribution in [1.82, 2.24) is 19.6 Å². The first-order valence-electron chi connectivity index (χ1n) is 5.97. The van der Waals surface area contributed by atoms with Gasteiger partial charge in [0.2, 0.25) is 11.7 Å². The van der Waals surface area contributed by atoms with Gasteiger partial charge >= 0.3 is 0 Å². The summed E-state index contributed by atoms with van der Waals surface area (Å²) in [6.07, 6.45) is 0.629. The molecule has 0 aliphatic rings. The van der Waals surface area contributed by atoms with Crippen molar-refractivity contribution < 1.29 is 5.11 Å². The van der Waals surface area contributed by atoms with Crippen molar-refractivity contribution in [2.24, 2.45) is 0 Å². The van der Waals surface area contributed by atoms with E-state index in [1.54, 1.807) is 24.3 Å². The lowest BCUT2D eigenvalue weighted by Crippen LogP contribution is -2.12. The molecule has 3 aromatic rings. The monoisotopic (exact) mass is 256 g/mol. The lowest BCUT2D eigenvalue weighted by molar-refractivity contribution is 0.436. The number of benzene rings is 1. The summed E-state index contributed by atoms with van der Waals surface area (Å²) in [7, 11) is 0. The first-order valence-corrected chi connectivity index (χ1v) is 5.97. The van der Waals surface area contributed by atoms with E-state index in [4.69, 9.17) is 0 Å². The number of aromatic nitrogens is 4. The summed E-state index contributed by atoms with van der Waals surface area (Å²) in [5.74, 6) is 0.618. The van der Waals surface area contributed by atoms with E-state index < -0.39 is 0 Å². The van der Waals surface area contributed by atoms with Gasteiger partial charge in [0, 0.05) is 6.42 Å². The molecule has 19 heavy (non-hydrogen) atoms. The van der Waals surface area contributed by atoms with Crippen molar-refractivity contribution in [1.29, 1.82) is 0 Å². The van der Waals surface area contributed by atoms with Crippen molar-refractivity contribution in [3.8, 4) is 17.0 Å². The fourth-order valence-corrected chi connectivity index (χ4v) is 1.97. The summed E-state index contributed by atoms with van der Waals surface area (Å²) < 4.78 is 1.25. The average Bonchev–Trinajstić information content (AvgIpc) is 2.83. The van der Waals surface area contributed by atoms with Gasteiger partial charge in [-0.25, -0.2) is 0 Å². The zero-order valence-electron chi connectivity index (χ0n) is 10.3. The van der Waals surface area contributed by atoms with E-state index in [1.165, 1.54) is 4.52 Å². The summed E-state index contributed by atoms with van der Waals surface area (Å²) in [6.45, 7) is 1.90. The van der Waals surface area contributed by atoms with Crippen LogP contribution < -0.4 is 5.56 Å². The van der Waals surface area contributed by atoms with Crippen LogP contribution >= 0.6 is 0 Å². The molecule has 6 nitrogen and oxygen atoms in total. The number of hydrogen-bond donors (Lipinski definition) is 2. The van der Waals surface area contributed by atoms with Crippen LogP contribution in [0.1, 0.15) is 12.7 Å². The summed E-state index contributed by atoms with van der Waals surface area (Å²) in [5.41, 5.74) is 0.448. The molecule has 0 bridgehead atoms. The van der Waals surface area contributed by atoms with Crippen molar-refractivity contribution in [3.05, 3.63) is 46.5 Å². The fourth-order valence-electron chi connectivity index (χ4n) is 1.97. The van der Waals surface area contributed by atoms with Gasteiger partial charge < -0.3 is 5.11 Å². The number of aromatic hydroxyl groups is 1. The Morgan fingerprint density at radius 2 is 2.05 bits per heavy atom. The van der Waals surface area contributed by atoms with Gasteiger partial charge in [0.1, 0.15) is 5.56 Å². The molecule has 3 rings (SSSR count). The molecule has 0 aliphatic carbocycles. The quantitative estimate of drug-likeness (QED) is 0.725. The maximum atomic E-state index is 12.1. The van der Waals surface area contributed by atoms with E-state index in [9.17, 15) is 9.90 Å². The molecule has 0 aliphatic heterocycles. The van der Waals surface area contributed by atoms with E-state index >= 15 is 0 Å². The van der Waals surface area contributed by atoms with Crippen molar-refractivity contribution in [3.63, 3.8) is 0 Å². The molecule has 2 N–H and O–H groups in total. The SMILES string of the molecule is CCc1nc2[nH]c(=O)c(-c3ccccc3)c(O)n2n1. The summed E-state index contributed by atoms with van der Waals surface area (Å²) in [4.78, 5) is 18.8. The molecule has 0 unspecified atom stereocenters. The number of aryl methyl sites for hydroxylation is 1. The minimum Gasteiger partial charge on any atom is -0.493 e. The number of hydrogen-bond acceptors (Lipinski definition) is 4. The molecule has 0 fully saturated rings. The van der Waals surface area contributed by atoms with Crippen LogP contribution in [0.25, 0.3) is 16.9 Å². The molecule has 0 amide bonds. The number of aromatic amines is 1. The summed E-state index contributed by atoms with van der Waals surface area (Å²) >= 11 is 0. The molecular weight excluding hydrogens is 244 g/mol. The van der Waals surface area contributed by atoms with E-state index in [0.29, 0.717) is 17.8 Å². The second-order valence-corrected chi connectivity index (χ2v) is 4.14. The third-order valence-corrected chi connectivity index (χ3v) is 2.91. The Bertz CT molecular complexity index is 790. The number of nitrogens with one attached hydrogen (secondary N) is 1. The number of nitrogens with zero attached hydrogens (tertiary/aromatic N) is 3. The van der Waals surface area contributed by atoms with Crippen LogP contribution in [0, 0.1) is 0 Å². The van der Waals surface area contributed by atoms with Gasteiger partial charge in [-0.15, -0.1) is 5.10 Å². The molecular formula is C13H12N4O2. The average molecular weight is 256 g/mol. The van der Waals surface area contributed by atoms with E-state index in [0.717, 1.165) is 0 Å². The second-order valence-electron chi connectivity index (χ2n) is 4.14. The van der Waals surface area contributed by atoms with Crippen LogP contribution in [-0.4, -0.2) is 24.7 Å². The van der Waals surface area contributed by atoms with E-state index in [2.05, 4.69) is 15.1 Å². The molecule has 6 heteroatoms. The van der Waals surface area contributed by atoms with Crippen molar-refractivity contribution >= 4 is 5.78 Å². The van der Waals surface area contributed by atoms with Crippen molar-refractivity contribution in [2.45, 2.75) is 13.3 Å². The first-order chi connectivity index (χ1) is 9.20. The molecule has 1 aromatic carbocycles. The molecule has 0 spiro atoms. The largest absolute Gasteiger partial charge is 0.493 e. The van der Waals surface area contributed by atoms with E-state index in [1.807, 2.05) is 13.0 Å². The number of fused-ring (bicyclic) bond motifs is 1. The van der Waals surface area contributed by atoms with Gasteiger partial charge in [-0.1, -0.05) is 37.3 Å². The predicted octanol–water partition coefficient (Wildman–Crippen LogP) is 1.35. The van der Waals surface area contributed by atoms with Gasteiger partial charge in [-0.3, -0.25) is 9.78 Å². The van der Waals surface area contributed by atoms with Gasteiger partial charge in [-0.2, -0.15) is 9.50 Å². The topological polar surface area (TPSA) is 83.3 Å². The highest BCUT2D eigenvalue weighted by atomic mass is 16.3. The Kier molecular flexibility index (Phi) is 2.56. The minimum atomic E-state index is -0.383. The van der Waals surface area contributed by atoms with Crippen LogP contribution in [0.4, 0.5) is 0 Å². The second kappa shape index (κ2) is 4.24. The molecule has 0 radical (unpaired) electrons. The summed E-state index contributed by atoms with van der Waals surface area (Å²) in [6, 6.07) is 8.97. The van der Waals surface area contributed by atoms with Gasteiger partial charge in [0.25, 0.3) is 5.56 Å². The van der Waals surface area contributed by atoms with E-state index in [-0.39, 0.29) is 22.8 Å². The lowest BCUT2D eigenvalue weighted by atomic mass is 10.1. The minimum absolute atomic E-state index is 0.195. The Labute approximate surface area is 108 Å². The maximum Gasteiger partial charge on any atom is 0.264 e. The number of rotatable bonds is 2. The first kappa shape index (κ1) is 11.5. The predicted molar refractivity (Wildman–Crippen MR) is 70.1 cm³/mol. The van der Waals surface area contributed by atoms with Gasteiger partial charge in [-0.05, 0) is 5.56 Å². The smallest absolute Gasteiger partial charge is 0.264 e. The standard InChI is InChI=1S/C13H12N4O2/c1-2-9-14-13-15-11(18)10(12(19)17(13)16-9)8-6-4-3-5-7-8/h3-7,19H,2H2,1H3,(H,14,15,16,18). The Balaban J connectivity index is 2.34. The van der Waals surface area contributed by atoms with Gasteiger partial charge in [0.15, 0.2) is 5.82 Å². The molecule has 0 saturated carbocycles. The van der Waals surface area contributed by atoms with Crippen LogP contribution in [0.2, 0.25) is 0 Å². The molecule has 0 saturated heterocycles. The van der Waals surface area contributed by atoms with Gasteiger partial charge in [0.05, 0.1) is 0 Å². The molecule has 2 aromatic heterocycles. The third kappa shape index (κ3) is 1.77. The third-order valence-electron chi connectivity index (χ3n) is 2.91. The molecule has 0 atom stereocenters. The summed E-state index contributed by atoms with van der Waals surface area (Å²) in [5, 5.41) is 14.4. The molecule has 96 valence electrons. The zero-order chi connectivity index (χ0) is 13.4. The Morgan fingerprint density at radius 1 is 1.32 bits per heavy atom. The zero-order valence-corrected chi connectivity index (χ0v) is 10.3. The van der Waals surface area contributed by atoms with Crippen LogP contribution in [0.5, 0.6) is 5.88 Å².